The van der Waals surface area contributed by atoms with Gasteiger partial charge in [-0.25, -0.2) is 0 Å². The van der Waals surface area contributed by atoms with Crippen molar-refractivity contribution in [3.05, 3.63) is 121 Å². The summed E-state index contributed by atoms with van der Waals surface area (Å²) < 4.78 is 0. The van der Waals surface area contributed by atoms with E-state index in [0.717, 1.165) is 0 Å². The van der Waals surface area contributed by atoms with E-state index in [0.29, 0.717) is 0 Å². The minimum absolute atomic E-state index is 1.18. The molecule has 33 heavy (non-hydrogen) atoms. The van der Waals surface area contributed by atoms with E-state index < -0.39 is 0 Å². The van der Waals surface area contributed by atoms with Gasteiger partial charge in [0.2, 0.25) is 0 Å². The van der Waals surface area contributed by atoms with Gasteiger partial charge >= 0.3 is 0 Å². The molecule has 1 nitrogen and oxygen atoms in total. The van der Waals surface area contributed by atoms with Crippen molar-refractivity contribution in [2.75, 3.05) is 0 Å². The summed E-state index contributed by atoms with van der Waals surface area (Å²) in [5.74, 6) is 0. The summed E-state index contributed by atoms with van der Waals surface area (Å²) in [7, 11) is 0. The molecule has 0 amide bonds. The normalized spacial score (nSPS) is 11.6. The zero-order valence-electron chi connectivity index (χ0n) is 18.0. The molecule has 0 fully saturated rings. The van der Waals surface area contributed by atoms with Gasteiger partial charge in [0.1, 0.15) is 0 Å². The molecule has 0 radical (unpaired) electrons. The largest absolute Gasteiger partial charge is 0.354 e. The molecule has 1 heterocycles. The molecule has 1 N–H and O–H groups in total. The van der Waals surface area contributed by atoms with Crippen molar-refractivity contribution < 1.29 is 0 Å². The molecule has 0 atom stereocenters. The number of H-pyrrole nitrogens is 1. The van der Waals surface area contributed by atoms with Gasteiger partial charge < -0.3 is 4.98 Å². The number of aromatic amines is 1. The van der Waals surface area contributed by atoms with Gasteiger partial charge in [0.05, 0.1) is 5.52 Å². The van der Waals surface area contributed by atoms with Gasteiger partial charge in [0.15, 0.2) is 0 Å². The first-order chi connectivity index (χ1) is 16.4. The van der Waals surface area contributed by atoms with Crippen molar-refractivity contribution in [2.24, 2.45) is 0 Å². The fourth-order valence-electron chi connectivity index (χ4n) is 5.28. The Morgan fingerprint density at radius 1 is 0.424 bits per heavy atom. The Bertz CT molecular complexity index is 1770. The molecule has 6 aromatic carbocycles. The number of hydrogen-bond donors (Lipinski definition) is 1. The molecule has 7 aromatic rings. The van der Waals surface area contributed by atoms with Crippen molar-refractivity contribution in [2.45, 2.75) is 0 Å². The minimum atomic E-state index is 1.18. The summed E-state index contributed by atoms with van der Waals surface area (Å²) in [5.41, 5.74) is 7.37. The standard InChI is InChI=1S/C32H21N/c1-3-13-25-21(9-1)19-22-10-2-4-14-26(22)31(25)24-12-7-11-23(20-24)27-16-8-17-29-28-15-5-6-18-30(28)33-32(27)29/h1-20,33H. The second kappa shape index (κ2) is 7.08. The van der Waals surface area contributed by atoms with Crippen LogP contribution in [0.1, 0.15) is 0 Å². The topological polar surface area (TPSA) is 15.8 Å². The minimum Gasteiger partial charge on any atom is -0.354 e. The van der Waals surface area contributed by atoms with E-state index in [2.05, 4.69) is 126 Å². The molecular formula is C32H21N. The molecule has 0 unspecified atom stereocenters. The summed E-state index contributed by atoms with van der Waals surface area (Å²) in [6.07, 6.45) is 0. The summed E-state index contributed by atoms with van der Waals surface area (Å²) in [6.45, 7) is 0. The smallest absolute Gasteiger partial charge is 0.0544 e. The Balaban J connectivity index is 1.51. The van der Waals surface area contributed by atoms with Crippen LogP contribution in [0.3, 0.4) is 0 Å². The number of fused-ring (bicyclic) bond motifs is 5. The number of hydrogen-bond acceptors (Lipinski definition) is 0. The van der Waals surface area contributed by atoms with Crippen molar-refractivity contribution in [1.82, 2.24) is 4.98 Å². The zero-order valence-corrected chi connectivity index (χ0v) is 18.0. The monoisotopic (exact) mass is 419 g/mol. The maximum Gasteiger partial charge on any atom is 0.0544 e. The molecule has 0 aliphatic heterocycles. The third-order valence-electron chi connectivity index (χ3n) is 6.77. The van der Waals surface area contributed by atoms with E-state index in [9.17, 15) is 0 Å². The molecular weight excluding hydrogens is 398 g/mol. The number of aromatic nitrogens is 1. The maximum absolute atomic E-state index is 3.66. The Morgan fingerprint density at radius 2 is 1.03 bits per heavy atom. The first-order valence-corrected chi connectivity index (χ1v) is 11.4. The molecule has 0 spiro atoms. The van der Waals surface area contributed by atoms with Crippen molar-refractivity contribution in [3.8, 4) is 22.3 Å². The van der Waals surface area contributed by atoms with E-state index in [-0.39, 0.29) is 0 Å². The van der Waals surface area contributed by atoms with Gasteiger partial charge in [0, 0.05) is 21.9 Å². The van der Waals surface area contributed by atoms with Crippen LogP contribution in [0.2, 0.25) is 0 Å². The number of benzene rings is 6. The molecule has 1 aromatic heterocycles. The summed E-state index contributed by atoms with van der Waals surface area (Å²) in [6, 6.07) is 43.8. The lowest BCUT2D eigenvalue weighted by Crippen LogP contribution is -1.87. The molecule has 0 aliphatic rings. The van der Waals surface area contributed by atoms with Gasteiger partial charge in [-0.2, -0.15) is 0 Å². The van der Waals surface area contributed by atoms with E-state index in [1.54, 1.807) is 0 Å². The van der Waals surface area contributed by atoms with Gasteiger partial charge in [-0.05, 0) is 56.4 Å². The van der Waals surface area contributed by atoms with Crippen molar-refractivity contribution >= 4 is 43.4 Å². The SMILES string of the molecule is c1cc(-c2c3ccccc3cc3ccccc23)cc(-c2cccc3c2[nH]c2ccccc23)c1. The van der Waals surface area contributed by atoms with Crippen LogP contribution in [-0.4, -0.2) is 4.98 Å². The average molecular weight is 420 g/mol. The molecule has 1 heteroatoms. The van der Waals surface area contributed by atoms with Crippen molar-refractivity contribution in [1.29, 1.82) is 0 Å². The lowest BCUT2D eigenvalue weighted by molar-refractivity contribution is 1.53. The van der Waals surface area contributed by atoms with Crippen LogP contribution in [0.4, 0.5) is 0 Å². The van der Waals surface area contributed by atoms with E-state index in [1.807, 2.05) is 0 Å². The van der Waals surface area contributed by atoms with E-state index >= 15 is 0 Å². The van der Waals surface area contributed by atoms with Crippen LogP contribution in [-0.2, 0) is 0 Å². The third-order valence-corrected chi connectivity index (χ3v) is 6.77. The second-order valence-electron chi connectivity index (χ2n) is 8.67. The molecule has 154 valence electrons. The van der Waals surface area contributed by atoms with E-state index in [1.165, 1.54) is 65.6 Å². The fraction of sp³-hybridized carbons (Fsp3) is 0. The molecule has 0 aliphatic carbocycles. The van der Waals surface area contributed by atoms with Gasteiger partial charge in [0.25, 0.3) is 0 Å². The maximum atomic E-state index is 3.66. The molecule has 0 saturated heterocycles. The Morgan fingerprint density at radius 3 is 1.82 bits per heavy atom. The van der Waals surface area contributed by atoms with Crippen LogP contribution in [0.15, 0.2) is 121 Å². The van der Waals surface area contributed by atoms with Crippen LogP contribution in [0.25, 0.3) is 65.6 Å². The van der Waals surface area contributed by atoms with Crippen LogP contribution in [0.5, 0.6) is 0 Å². The number of nitrogens with one attached hydrogen (secondary N) is 1. The first kappa shape index (κ1) is 18.2. The van der Waals surface area contributed by atoms with E-state index in [4.69, 9.17) is 0 Å². The summed E-state index contributed by atoms with van der Waals surface area (Å²) >= 11 is 0. The van der Waals surface area contributed by atoms with Gasteiger partial charge in [-0.3, -0.25) is 0 Å². The zero-order chi connectivity index (χ0) is 21.8. The highest BCUT2D eigenvalue weighted by Crippen LogP contribution is 2.39. The average Bonchev–Trinajstić information content (AvgIpc) is 3.26. The number of rotatable bonds is 2. The molecule has 0 bridgehead atoms. The summed E-state index contributed by atoms with van der Waals surface area (Å²) in [5, 5.41) is 7.66. The van der Waals surface area contributed by atoms with Gasteiger partial charge in [-0.15, -0.1) is 0 Å². The quantitative estimate of drug-likeness (QED) is 0.269. The summed E-state index contributed by atoms with van der Waals surface area (Å²) in [4.78, 5) is 3.66. The lowest BCUT2D eigenvalue weighted by Gasteiger charge is -2.13. The second-order valence-corrected chi connectivity index (χ2v) is 8.67. The Labute approximate surface area is 191 Å². The third kappa shape index (κ3) is 2.79. The Kier molecular flexibility index (Phi) is 3.91. The predicted molar refractivity (Wildman–Crippen MR) is 142 cm³/mol. The van der Waals surface area contributed by atoms with Gasteiger partial charge in [-0.1, -0.05) is 103 Å². The molecule has 7 rings (SSSR count). The predicted octanol–water partition coefficient (Wildman–Crippen LogP) is 8.96. The highest BCUT2D eigenvalue weighted by atomic mass is 14.7. The lowest BCUT2D eigenvalue weighted by atomic mass is 9.90. The highest BCUT2D eigenvalue weighted by Gasteiger charge is 2.13. The number of para-hydroxylation sites is 2. The molecule has 0 saturated carbocycles. The Hall–Kier alpha value is -4.36. The van der Waals surface area contributed by atoms with Crippen molar-refractivity contribution in [3.63, 3.8) is 0 Å². The highest BCUT2D eigenvalue weighted by molar-refractivity contribution is 6.14. The first-order valence-electron chi connectivity index (χ1n) is 11.4. The van der Waals surface area contributed by atoms with Crippen LogP contribution in [0, 0.1) is 0 Å². The van der Waals surface area contributed by atoms with Crippen LogP contribution < -0.4 is 0 Å². The van der Waals surface area contributed by atoms with Crippen LogP contribution >= 0.6 is 0 Å². The fourth-order valence-corrected chi connectivity index (χ4v) is 5.28.